The third kappa shape index (κ3) is 2.53. The number of amides is 1. The minimum atomic E-state index is 0.243. The Kier molecular flexibility index (Phi) is 3.95. The Morgan fingerprint density at radius 3 is 2.78 bits per heavy atom. The molecule has 1 aliphatic heterocycles. The quantitative estimate of drug-likeness (QED) is 0.842. The Hall–Kier alpha value is -1.03. The molecule has 1 unspecified atom stereocenters. The molecule has 18 heavy (non-hydrogen) atoms. The van der Waals surface area contributed by atoms with E-state index in [4.69, 9.17) is 11.6 Å². The smallest absolute Gasteiger partial charge is 0.223 e. The first-order chi connectivity index (χ1) is 8.52. The maximum absolute atomic E-state index is 11.9. The van der Waals surface area contributed by atoms with E-state index in [1.54, 1.807) is 4.68 Å². The number of hydrogen-bond acceptors (Lipinski definition) is 2. The van der Waals surface area contributed by atoms with E-state index in [0.717, 1.165) is 30.6 Å². The molecule has 2 rings (SSSR count). The van der Waals surface area contributed by atoms with Crippen LogP contribution in [0.5, 0.6) is 0 Å². The second kappa shape index (κ2) is 5.31. The molecule has 0 N–H and O–H groups in total. The van der Waals surface area contributed by atoms with Crippen molar-refractivity contribution in [2.45, 2.75) is 39.7 Å². The van der Waals surface area contributed by atoms with E-state index in [0.29, 0.717) is 24.0 Å². The zero-order valence-electron chi connectivity index (χ0n) is 11.2. The van der Waals surface area contributed by atoms with Gasteiger partial charge in [-0.15, -0.1) is 0 Å². The summed E-state index contributed by atoms with van der Waals surface area (Å²) >= 11 is 6.20. The van der Waals surface area contributed by atoms with Gasteiger partial charge in [-0.25, -0.2) is 0 Å². The Labute approximate surface area is 113 Å². The molecule has 2 heterocycles. The number of halogens is 1. The minimum absolute atomic E-state index is 0.243. The predicted octanol–water partition coefficient (Wildman–Crippen LogP) is 2.53. The molecule has 100 valence electrons. The minimum Gasteiger partial charge on any atom is -0.338 e. The summed E-state index contributed by atoms with van der Waals surface area (Å²) in [6.07, 6.45) is 2.95. The van der Waals surface area contributed by atoms with Crippen molar-refractivity contribution >= 4 is 17.5 Å². The zero-order valence-corrected chi connectivity index (χ0v) is 12.0. The Bertz CT molecular complexity index is 455. The van der Waals surface area contributed by atoms with Gasteiger partial charge in [-0.1, -0.05) is 24.9 Å². The second-order valence-electron chi connectivity index (χ2n) is 5.11. The number of aromatic nitrogens is 2. The first-order valence-corrected chi connectivity index (χ1v) is 6.86. The van der Waals surface area contributed by atoms with Crippen LogP contribution < -0.4 is 0 Å². The van der Waals surface area contributed by atoms with E-state index < -0.39 is 0 Å². The molecular formula is C13H20ClN3O. The maximum atomic E-state index is 11.9. The summed E-state index contributed by atoms with van der Waals surface area (Å²) in [5.41, 5.74) is 1.89. The van der Waals surface area contributed by atoms with Crippen LogP contribution in [0.2, 0.25) is 5.15 Å². The summed E-state index contributed by atoms with van der Waals surface area (Å²) in [6, 6.07) is 0. The van der Waals surface area contributed by atoms with Gasteiger partial charge in [0.2, 0.25) is 5.91 Å². The number of likely N-dealkylation sites (tertiary alicyclic amines) is 1. The van der Waals surface area contributed by atoms with Gasteiger partial charge in [-0.2, -0.15) is 5.10 Å². The summed E-state index contributed by atoms with van der Waals surface area (Å²) in [5, 5.41) is 4.92. The van der Waals surface area contributed by atoms with Crippen molar-refractivity contribution < 1.29 is 4.79 Å². The van der Waals surface area contributed by atoms with E-state index in [9.17, 15) is 4.79 Å². The van der Waals surface area contributed by atoms with Gasteiger partial charge in [-0.05, 0) is 19.3 Å². The monoisotopic (exact) mass is 269 g/mol. The molecule has 0 saturated carbocycles. The fourth-order valence-electron chi connectivity index (χ4n) is 2.65. The summed E-state index contributed by atoms with van der Waals surface area (Å²) in [4.78, 5) is 13.9. The fourth-order valence-corrected chi connectivity index (χ4v) is 2.89. The van der Waals surface area contributed by atoms with Gasteiger partial charge in [-0.3, -0.25) is 9.48 Å². The van der Waals surface area contributed by atoms with E-state index in [-0.39, 0.29) is 5.91 Å². The zero-order chi connectivity index (χ0) is 13.3. The normalized spacial score (nSPS) is 19.9. The average molecular weight is 270 g/mol. The molecule has 1 fully saturated rings. The lowest BCUT2D eigenvalue weighted by Crippen LogP contribution is -2.25. The van der Waals surface area contributed by atoms with Crippen molar-refractivity contribution in [2.75, 3.05) is 6.54 Å². The van der Waals surface area contributed by atoms with Gasteiger partial charge in [0.05, 0.1) is 12.2 Å². The van der Waals surface area contributed by atoms with Gasteiger partial charge in [0.25, 0.3) is 0 Å². The SMILES string of the molecule is CCCC1CC(=O)N(Cc2c(C)nn(C)c2Cl)C1. The van der Waals surface area contributed by atoms with Crippen LogP contribution in [-0.4, -0.2) is 27.1 Å². The third-order valence-corrected chi connectivity index (χ3v) is 4.08. The van der Waals surface area contributed by atoms with Gasteiger partial charge < -0.3 is 4.90 Å². The summed E-state index contributed by atoms with van der Waals surface area (Å²) in [6.45, 7) is 5.55. The highest BCUT2D eigenvalue weighted by Crippen LogP contribution is 2.27. The Morgan fingerprint density at radius 1 is 1.50 bits per heavy atom. The molecule has 1 aliphatic rings. The number of carbonyl (C=O) groups is 1. The fraction of sp³-hybridized carbons (Fsp3) is 0.692. The van der Waals surface area contributed by atoms with Crippen molar-refractivity contribution in [3.8, 4) is 0 Å². The van der Waals surface area contributed by atoms with Crippen molar-refractivity contribution in [2.24, 2.45) is 13.0 Å². The van der Waals surface area contributed by atoms with Crippen LogP contribution in [-0.2, 0) is 18.4 Å². The van der Waals surface area contributed by atoms with E-state index >= 15 is 0 Å². The van der Waals surface area contributed by atoms with Gasteiger partial charge in [0, 0.05) is 25.6 Å². The molecule has 0 spiro atoms. The second-order valence-corrected chi connectivity index (χ2v) is 5.47. The van der Waals surface area contributed by atoms with Crippen LogP contribution >= 0.6 is 11.6 Å². The summed E-state index contributed by atoms with van der Waals surface area (Å²) in [5.74, 6) is 0.756. The molecule has 0 aromatic carbocycles. The predicted molar refractivity (Wildman–Crippen MR) is 71.4 cm³/mol. The summed E-state index contributed by atoms with van der Waals surface area (Å²) in [7, 11) is 1.82. The van der Waals surface area contributed by atoms with Crippen LogP contribution in [0.1, 0.15) is 37.4 Å². The molecular weight excluding hydrogens is 250 g/mol. The van der Waals surface area contributed by atoms with Gasteiger partial charge >= 0.3 is 0 Å². The van der Waals surface area contributed by atoms with Crippen LogP contribution in [0.15, 0.2) is 0 Å². The molecule has 1 aromatic heterocycles. The first kappa shape index (κ1) is 13.4. The van der Waals surface area contributed by atoms with Crippen molar-refractivity contribution in [1.82, 2.24) is 14.7 Å². The topological polar surface area (TPSA) is 38.1 Å². The number of rotatable bonds is 4. The lowest BCUT2D eigenvalue weighted by molar-refractivity contribution is -0.128. The Morgan fingerprint density at radius 2 is 2.22 bits per heavy atom. The number of nitrogens with zero attached hydrogens (tertiary/aromatic N) is 3. The molecule has 5 heteroatoms. The molecule has 1 aromatic rings. The van der Waals surface area contributed by atoms with E-state index in [2.05, 4.69) is 12.0 Å². The van der Waals surface area contributed by atoms with E-state index in [1.165, 1.54) is 0 Å². The summed E-state index contributed by atoms with van der Waals surface area (Å²) < 4.78 is 1.66. The van der Waals surface area contributed by atoms with Gasteiger partial charge in [0.15, 0.2) is 0 Å². The average Bonchev–Trinajstić information content (AvgIpc) is 2.76. The molecule has 4 nitrogen and oxygen atoms in total. The van der Waals surface area contributed by atoms with Gasteiger partial charge in [0.1, 0.15) is 5.15 Å². The van der Waals surface area contributed by atoms with Crippen LogP contribution in [0.4, 0.5) is 0 Å². The number of hydrogen-bond donors (Lipinski definition) is 0. The lowest BCUT2D eigenvalue weighted by atomic mass is 10.0. The molecule has 1 amide bonds. The molecule has 0 bridgehead atoms. The molecule has 0 aliphatic carbocycles. The lowest BCUT2D eigenvalue weighted by Gasteiger charge is -2.16. The number of carbonyl (C=O) groups excluding carboxylic acids is 1. The third-order valence-electron chi connectivity index (χ3n) is 3.61. The van der Waals surface area contributed by atoms with Crippen molar-refractivity contribution in [1.29, 1.82) is 0 Å². The number of aryl methyl sites for hydroxylation is 2. The molecule has 0 radical (unpaired) electrons. The highest BCUT2D eigenvalue weighted by Gasteiger charge is 2.30. The highest BCUT2D eigenvalue weighted by atomic mass is 35.5. The van der Waals surface area contributed by atoms with Crippen LogP contribution in [0.25, 0.3) is 0 Å². The standard InChI is InChI=1S/C13H20ClN3O/c1-4-5-10-6-12(18)17(7-10)8-11-9(2)15-16(3)13(11)14/h10H,4-8H2,1-3H3. The van der Waals surface area contributed by atoms with Crippen LogP contribution in [0.3, 0.4) is 0 Å². The highest BCUT2D eigenvalue weighted by molar-refractivity contribution is 6.30. The van der Waals surface area contributed by atoms with Crippen LogP contribution in [0, 0.1) is 12.8 Å². The van der Waals surface area contributed by atoms with E-state index in [1.807, 2.05) is 18.9 Å². The van der Waals surface area contributed by atoms with Crippen molar-refractivity contribution in [3.05, 3.63) is 16.4 Å². The van der Waals surface area contributed by atoms with Crippen molar-refractivity contribution in [3.63, 3.8) is 0 Å². The molecule has 1 atom stereocenters. The largest absolute Gasteiger partial charge is 0.338 e. The Balaban J connectivity index is 2.08. The first-order valence-electron chi connectivity index (χ1n) is 6.48. The molecule has 1 saturated heterocycles. The maximum Gasteiger partial charge on any atom is 0.223 e.